The molecule has 0 aliphatic heterocycles. The van der Waals surface area contributed by atoms with E-state index in [1.54, 1.807) is 7.11 Å². The van der Waals surface area contributed by atoms with Gasteiger partial charge in [0.15, 0.2) is 4.80 Å². The highest BCUT2D eigenvalue weighted by atomic mass is 32.2. The monoisotopic (exact) mass is 419 g/mol. The number of fused-ring (bicyclic) bond motifs is 1. The van der Waals surface area contributed by atoms with E-state index in [0.717, 1.165) is 14.5 Å². The first-order valence-corrected chi connectivity index (χ1v) is 10.8. The van der Waals surface area contributed by atoms with Crippen LogP contribution in [0.2, 0.25) is 0 Å². The summed E-state index contributed by atoms with van der Waals surface area (Å²) in [7, 11) is 1.01. The molecule has 28 heavy (non-hydrogen) atoms. The maximum Gasteiger partial charge on any atom is 0.279 e. The summed E-state index contributed by atoms with van der Waals surface area (Å²) in [6.07, 6.45) is 0. The van der Waals surface area contributed by atoms with Crippen LogP contribution in [0, 0.1) is 0 Å². The van der Waals surface area contributed by atoms with Crippen LogP contribution in [0.4, 0.5) is 0 Å². The lowest BCUT2D eigenvalue weighted by Gasteiger charge is -2.11. The van der Waals surface area contributed by atoms with Crippen molar-refractivity contribution in [3.63, 3.8) is 0 Å². The number of nitrogens with zero attached hydrogens (tertiary/aromatic N) is 3. The van der Waals surface area contributed by atoms with Crippen molar-refractivity contribution in [3.8, 4) is 0 Å². The van der Waals surface area contributed by atoms with E-state index >= 15 is 0 Å². The van der Waals surface area contributed by atoms with E-state index in [0.29, 0.717) is 23.5 Å². The Morgan fingerprint density at radius 1 is 1.14 bits per heavy atom. The Labute approximate surface area is 167 Å². The first-order chi connectivity index (χ1) is 13.3. The molecule has 0 bridgehead atoms. The van der Waals surface area contributed by atoms with E-state index in [1.165, 1.54) is 49.7 Å². The number of hydrogen-bond donors (Lipinski definition) is 0. The summed E-state index contributed by atoms with van der Waals surface area (Å²) in [5.41, 5.74) is 1.32. The molecule has 3 rings (SSSR count). The lowest BCUT2D eigenvalue weighted by molar-refractivity contribution is 0.0997. The van der Waals surface area contributed by atoms with Gasteiger partial charge >= 0.3 is 0 Å². The van der Waals surface area contributed by atoms with Gasteiger partial charge in [0.25, 0.3) is 5.91 Å². The van der Waals surface area contributed by atoms with Gasteiger partial charge < -0.3 is 9.30 Å². The van der Waals surface area contributed by atoms with Gasteiger partial charge in [0.05, 0.1) is 21.7 Å². The van der Waals surface area contributed by atoms with Crippen molar-refractivity contribution >= 4 is 37.5 Å². The Hall–Kier alpha value is -2.33. The SMILES string of the molecule is COCCn1c(=NC(=O)c2ccc(S(=O)(=O)N(C)C)cc2)sc2ccccc21. The largest absolute Gasteiger partial charge is 0.383 e. The highest BCUT2D eigenvalue weighted by molar-refractivity contribution is 7.89. The first-order valence-electron chi connectivity index (χ1n) is 8.53. The molecule has 0 saturated carbocycles. The van der Waals surface area contributed by atoms with Crippen LogP contribution >= 0.6 is 11.3 Å². The Morgan fingerprint density at radius 3 is 2.46 bits per heavy atom. The number of para-hydroxylation sites is 1. The molecule has 0 saturated heterocycles. The van der Waals surface area contributed by atoms with Crippen LogP contribution < -0.4 is 4.80 Å². The van der Waals surface area contributed by atoms with E-state index in [9.17, 15) is 13.2 Å². The van der Waals surface area contributed by atoms with Crippen molar-refractivity contribution in [2.75, 3.05) is 27.8 Å². The van der Waals surface area contributed by atoms with E-state index < -0.39 is 15.9 Å². The predicted molar refractivity (Wildman–Crippen MR) is 109 cm³/mol. The lowest BCUT2D eigenvalue weighted by atomic mass is 10.2. The fourth-order valence-electron chi connectivity index (χ4n) is 2.64. The average molecular weight is 420 g/mol. The molecule has 0 spiro atoms. The third kappa shape index (κ3) is 4.07. The molecule has 0 aliphatic rings. The maximum absolute atomic E-state index is 12.6. The highest BCUT2D eigenvalue weighted by Crippen LogP contribution is 2.17. The molecule has 0 atom stereocenters. The van der Waals surface area contributed by atoms with Gasteiger partial charge in [-0.2, -0.15) is 4.99 Å². The second-order valence-corrected chi connectivity index (χ2v) is 9.39. The van der Waals surface area contributed by atoms with Gasteiger partial charge in [-0.3, -0.25) is 4.79 Å². The Bertz CT molecular complexity index is 1160. The second kappa shape index (κ2) is 8.36. The van der Waals surface area contributed by atoms with Crippen LogP contribution in [-0.4, -0.2) is 51.0 Å². The molecule has 148 valence electrons. The zero-order chi connectivity index (χ0) is 20.3. The van der Waals surface area contributed by atoms with E-state index in [-0.39, 0.29) is 4.90 Å². The smallest absolute Gasteiger partial charge is 0.279 e. The number of hydrogen-bond acceptors (Lipinski definition) is 5. The van der Waals surface area contributed by atoms with E-state index in [4.69, 9.17) is 4.74 Å². The summed E-state index contributed by atoms with van der Waals surface area (Å²) in [6.45, 7) is 1.08. The molecule has 9 heteroatoms. The zero-order valence-electron chi connectivity index (χ0n) is 15.8. The van der Waals surface area contributed by atoms with Crippen LogP contribution in [0.15, 0.2) is 58.4 Å². The number of methoxy groups -OCH3 is 1. The number of amides is 1. The van der Waals surface area contributed by atoms with Gasteiger partial charge in [-0.05, 0) is 36.4 Å². The summed E-state index contributed by atoms with van der Waals surface area (Å²) in [5.74, 6) is -0.425. The molecule has 7 nitrogen and oxygen atoms in total. The van der Waals surface area contributed by atoms with Crippen molar-refractivity contribution < 1.29 is 17.9 Å². The number of rotatable bonds is 6. The molecule has 3 aromatic rings. The van der Waals surface area contributed by atoms with Gasteiger partial charge in [0, 0.05) is 33.3 Å². The molecule has 0 radical (unpaired) electrons. The summed E-state index contributed by atoms with van der Waals surface area (Å²) < 4.78 is 33.6. The Kier molecular flexibility index (Phi) is 6.09. The topological polar surface area (TPSA) is 81.0 Å². The normalized spacial score (nSPS) is 12.8. The molecule has 1 aromatic heterocycles. The van der Waals surface area contributed by atoms with E-state index in [2.05, 4.69) is 4.99 Å². The zero-order valence-corrected chi connectivity index (χ0v) is 17.5. The number of benzene rings is 2. The fraction of sp³-hybridized carbons (Fsp3) is 0.263. The Morgan fingerprint density at radius 2 is 1.82 bits per heavy atom. The summed E-state index contributed by atoms with van der Waals surface area (Å²) in [5, 5.41) is 0. The number of sulfonamides is 1. The molecule has 0 fully saturated rings. The molecule has 1 amide bonds. The molecule has 0 aliphatic carbocycles. The third-order valence-electron chi connectivity index (χ3n) is 4.18. The number of thiazole rings is 1. The van der Waals surface area contributed by atoms with Crippen LogP contribution in [0.3, 0.4) is 0 Å². The number of aromatic nitrogens is 1. The summed E-state index contributed by atoms with van der Waals surface area (Å²) >= 11 is 1.43. The van der Waals surface area contributed by atoms with Gasteiger partial charge in [0.1, 0.15) is 0 Å². The van der Waals surface area contributed by atoms with Gasteiger partial charge in [-0.25, -0.2) is 12.7 Å². The summed E-state index contributed by atoms with van der Waals surface area (Å²) in [6, 6.07) is 13.6. The van der Waals surface area contributed by atoms with Crippen LogP contribution in [0.1, 0.15) is 10.4 Å². The molecule has 0 unspecified atom stereocenters. The maximum atomic E-state index is 12.6. The van der Waals surface area contributed by atoms with E-state index in [1.807, 2.05) is 28.8 Å². The number of carbonyl (C=O) groups is 1. The van der Waals surface area contributed by atoms with Crippen molar-refractivity contribution in [1.82, 2.24) is 8.87 Å². The van der Waals surface area contributed by atoms with Gasteiger partial charge in [0.2, 0.25) is 10.0 Å². The van der Waals surface area contributed by atoms with Crippen LogP contribution in [0.5, 0.6) is 0 Å². The third-order valence-corrected chi connectivity index (χ3v) is 7.07. The molecule has 0 N–H and O–H groups in total. The van der Waals surface area contributed by atoms with Gasteiger partial charge in [-0.1, -0.05) is 23.5 Å². The minimum Gasteiger partial charge on any atom is -0.383 e. The average Bonchev–Trinajstić information content (AvgIpc) is 3.03. The predicted octanol–water partition coefficient (Wildman–Crippen LogP) is 2.34. The molecule has 2 aromatic carbocycles. The lowest BCUT2D eigenvalue weighted by Crippen LogP contribution is -2.22. The second-order valence-electron chi connectivity index (χ2n) is 6.23. The number of ether oxygens (including phenoxy) is 1. The number of carbonyl (C=O) groups excluding carboxylic acids is 1. The van der Waals surface area contributed by atoms with Crippen molar-refractivity contribution in [1.29, 1.82) is 0 Å². The van der Waals surface area contributed by atoms with Crippen molar-refractivity contribution in [2.24, 2.45) is 4.99 Å². The minimum absolute atomic E-state index is 0.131. The van der Waals surface area contributed by atoms with Crippen molar-refractivity contribution in [3.05, 3.63) is 58.9 Å². The molecular formula is C19H21N3O4S2. The highest BCUT2D eigenvalue weighted by Gasteiger charge is 2.17. The standard InChI is InChI=1S/C19H21N3O4S2/c1-21(2)28(24,25)15-10-8-14(9-11-15)18(23)20-19-22(12-13-26-3)16-6-4-5-7-17(16)27-19/h4-11H,12-13H2,1-3H3. The van der Waals surface area contributed by atoms with Crippen LogP contribution in [0.25, 0.3) is 10.2 Å². The fourth-order valence-corrected chi connectivity index (χ4v) is 4.59. The first kappa shape index (κ1) is 20.4. The summed E-state index contributed by atoms with van der Waals surface area (Å²) in [4.78, 5) is 17.6. The van der Waals surface area contributed by atoms with Gasteiger partial charge in [-0.15, -0.1) is 0 Å². The van der Waals surface area contributed by atoms with Crippen molar-refractivity contribution in [2.45, 2.75) is 11.4 Å². The molecular weight excluding hydrogens is 398 g/mol. The Balaban J connectivity index is 1.99. The quantitative estimate of drug-likeness (QED) is 0.614. The molecule has 1 heterocycles. The minimum atomic E-state index is -3.54. The van der Waals surface area contributed by atoms with Crippen LogP contribution in [-0.2, 0) is 21.3 Å².